The highest BCUT2D eigenvalue weighted by molar-refractivity contribution is 6.09. The molecule has 5 heteroatoms. The van der Waals surface area contributed by atoms with Crippen LogP contribution in [0.5, 0.6) is 5.75 Å². The lowest BCUT2D eigenvalue weighted by Gasteiger charge is -2.33. The highest BCUT2D eigenvalue weighted by atomic mass is 16.5. The van der Waals surface area contributed by atoms with E-state index in [0.717, 1.165) is 31.4 Å². The third kappa shape index (κ3) is 4.13. The number of hydrogen-bond donors (Lipinski definition) is 1. The van der Waals surface area contributed by atoms with Gasteiger partial charge in [-0.25, -0.2) is 0 Å². The molecule has 3 rings (SSSR count). The molecule has 0 aromatic heterocycles. The Balaban J connectivity index is 1.83. The number of likely N-dealkylation sites (tertiary alicyclic amines) is 1. The second-order valence-electron chi connectivity index (χ2n) is 7.03. The maximum absolute atomic E-state index is 13.0. The van der Waals surface area contributed by atoms with Gasteiger partial charge >= 0.3 is 0 Å². The zero-order chi connectivity index (χ0) is 19.4. The molecule has 1 N–H and O–H groups in total. The van der Waals surface area contributed by atoms with Gasteiger partial charge in [-0.05, 0) is 62.9 Å². The van der Waals surface area contributed by atoms with Crippen LogP contribution in [0.25, 0.3) is 0 Å². The van der Waals surface area contributed by atoms with Crippen molar-refractivity contribution in [2.45, 2.75) is 39.2 Å². The number of carbonyl (C=O) groups excluding carboxylic acids is 2. The SMILES string of the molecule is COc1cc(C(=O)Nc2ccccc2C(=O)N2CCCCC2C)ccc1C. The third-order valence-corrected chi connectivity index (χ3v) is 5.14. The lowest BCUT2D eigenvalue weighted by Crippen LogP contribution is -2.42. The van der Waals surface area contributed by atoms with Gasteiger partial charge in [-0.15, -0.1) is 0 Å². The summed E-state index contributed by atoms with van der Waals surface area (Å²) in [5.41, 5.74) is 2.51. The van der Waals surface area contributed by atoms with Gasteiger partial charge in [0.1, 0.15) is 5.75 Å². The Morgan fingerprint density at radius 1 is 1.15 bits per heavy atom. The van der Waals surface area contributed by atoms with Crippen LogP contribution in [0.15, 0.2) is 42.5 Å². The summed E-state index contributed by atoms with van der Waals surface area (Å²) in [6.45, 7) is 4.77. The van der Waals surface area contributed by atoms with Crippen LogP contribution in [-0.4, -0.2) is 36.4 Å². The first kappa shape index (κ1) is 19.0. The van der Waals surface area contributed by atoms with Crippen LogP contribution in [0.1, 0.15) is 52.5 Å². The van der Waals surface area contributed by atoms with E-state index in [9.17, 15) is 9.59 Å². The number of anilines is 1. The molecule has 2 aromatic rings. The predicted octanol–water partition coefficient (Wildman–Crippen LogP) is 4.27. The molecule has 0 radical (unpaired) electrons. The smallest absolute Gasteiger partial charge is 0.256 e. The van der Waals surface area contributed by atoms with Gasteiger partial charge in [0.15, 0.2) is 0 Å². The van der Waals surface area contributed by atoms with E-state index in [1.165, 1.54) is 0 Å². The van der Waals surface area contributed by atoms with Gasteiger partial charge < -0.3 is 15.0 Å². The highest BCUT2D eigenvalue weighted by Gasteiger charge is 2.26. The number of amides is 2. The Morgan fingerprint density at radius 2 is 1.93 bits per heavy atom. The maximum Gasteiger partial charge on any atom is 0.256 e. The predicted molar refractivity (Wildman–Crippen MR) is 106 cm³/mol. The number of aryl methyl sites for hydroxylation is 1. The first-order valence-corrected chi connectivity index (χ1v) is 9.37. The van der Waals surface area contributed by atoms with Crippen LogP contribution in [0.2, 0.25) is 0 Å². The van der Waals surface area contributed by atoms with E-state index in [1.54, 1.807) is 31.4 Å². The van der Waals surface area contributed by atoms with E-state index in [2.05, 4.69) is 12.2 Å². The minimum atomic E-state index is -0.264. The number of methoxy groups -OCH3 is 1. The zero-order valence-corrected chi connectivity index (χ0v) is 16.1. The van der Waals surface area contributed by atoms with Crippen molar-refractivity contribution in [2.24, 2.45) is 0 Å². The number of nitrogens with zero attached hydrogens (tertiary/aromatic N) is 1. The normalized spacial score (nSPS) is 16.7. The van der Waals surface area contributed by atoms with Crippen molar-refractivity contribution >= 4 is 17.5 Å². The van der Waals surface area contributed by atoms with Crippen LogP contribution in [0.3, 0.4) is 0 Å². The van der Waals surface area contributed by atoms with Crippen LogP contribution in [-0.2, 0) is 0 Å². The number of carbonyl (C=O) groups is 2. The van der Waals surface area contributed by atoms with Crippen molar-refractivity contribution in [3.8, 4) is 5.75 Å². The van der Waals surface area contributed by atoms with Gasteiger partial charge in [-0.1, -0.05) is 18.2 Å². The van der Waals surface area contributed by atoms with Crippen LogP contribution >= 0.6 is 0 Å². The summed E-state index contributed by atoms with van der Waals surface area (Å²) in [6, 6.07) is 12.7. The third-order valence-electron chi connectivity index (χ3n) is 5.14. The van der Waals surface area contributed by atoms with Gasteiger partial charge in [0.05, 0.1) is 18.4 Å². The van der Waals surface area contributed by atoms with E-state index in [1.807, 2.05) is 30.0 Å². The number of rotatable bonds is 4. The second kappa shape index (κ2) is 8.25. The van der Waals surface area contributed by atoms with E-state index >= 15 is 0 Å². The fourth-order valence-electron chi connectivity index (χ4n) is 3.49. The summed E-state index contributed by atoms with van der Waals surface area (Å²) in [5.74, 6) is 0.369. The Bertz CT molecular complexity index is 847. The largest absolute Gasteiger partial charge is 0.496 e. The molecule has 0 spiro atoms. The Hall–Kier alpha value is -2.82. The molecule has 0 saturated carbocycles. The molecular weight excluding hydrogens is 340 g/mol. The standard InChI is InChI=1S/C22H26N2O3/c1-15-11-12-17(14-20(15)27-3)21(25)23-19-10-5-4-9-18(19)22(26)24-13-7-6-8-16(24)2/h4-5,9-12,14,16H,6-8,13H2,1-3H3,(H,23,25). The maximum atomic E-state index is 13.0. The molecule has 1 heterocycles. The summed E-state index contributed by atoms with van der Waals surface area (Å²) in [6.07, 6.45) is 3.19. The molecule has 1 saturated heterocycles. The van der Waals surface area contributed by atoms with Crippen molar-refractivity contribution in [1.82, 2.24) is 4.90 Å². The highest BCUT2D eigenvalue weighted by Crippen LogP contribution is 2.24. The number of hydrogen-bond acceptors (Lipinski definition) is 3. The topological polar surface area (TPSA) is 58.6 Å². The van der Waals surface area contributed by atoms with E-state index in [4.69, 9.17) is 4.74 Å². The second-order valence-corrected chi connectivity index (χ2v) is 7.03. The van der Waals surface area contributed by atoms with Gasteiger partial charge in [0.2, 0.25) is 0 Å². The van der Waals surface area contributed by atoms with Gasteiger partial charge in [-0.2, -0.15) is 0 Å². The van der Waals surface area contributed by atoms with Gasteiger partial charge in [-0.3, -0.25) is 9.59 Å². The molecule has 2 amide bonds. The summed E-state index contributed by atoms with van der Waals surface area (Å²) in [5, 5.41) is 2.89. The van der Waals surface area contributed by atoms with Crippen molar-refractivity contribution in [3.05, 3.63) is 59.2 Å². The Morgan fingerprint density at radius 3 is 2.67 bits per heavy atom. The minimum absolute atomic E-state index is 0.0282. The molecule has 142 valence electrons. The first-order valence-electron chi connectivity index (χ1n) is 9.37. The monoisotopic (exact) mass is 366 g/mol. The molecule has 1 aliphatic rings. The lowest BCUT2D eigenvalue weighted by atomic mass is 10.0. The zero-order valence-electron chi connectivity index (χ0n) is 16.1. The van der Waals surface area contributed by atoms with Crippen molar-refractivity contribution in [2.75, 3.05) is 19.0 Å². The molecular formula is C22H26N2O3. The van der Waals surface area contributed by atoms with Crippen molar-refractivity contribution < 1.29 is 14.3 Å². The molecule has 27 heavy (non-hydrogen) atoms. The summed E-state index contributed by atoms with van der Waals surface area (Å²) < 4.78 is 5.30. The fraction of sp³-hybridized carbons (Fsp3) is 0.364. The molecule has 1 unspecified atom stereocenters. The average Bonchev–Trinajstić information content (AvgIpc) is 2.68. The van der Waals surface area contributed by atoms with Gasteiger partial charge in [0, 0.05) is 18.2 Å². The summed E-state index contributed by atoms with van der Waals surface area (Å²) >= 11 is 0. The van der Waals surface area contributed by atoms with E-state index in [-0.39, 0.29) is 17.9 Å². The van der Waals surface area contributed by atoms with Crippen molar-refractivity contribution in [3.63, 3.8) is 0 Å². The van der Waals surface area contributed by atoms with Gasteiger partial charge in [0.25, 0.3) is 11.8 Å². The molecule has 0 aliphatic carbocycles. The average molecular weight is 366 g/mol. The lowest BCUT2D eigenvalue weighted by molar-refractivity contribution is 0.0636. The molecule has 1 aliphatic heterocycles. The van der Waals surface area contributed by atoms with E-state index < -0.39 is 0 Å². The van der Waals surface area contributed by atoms with Crippen LogP contribution in [0, 0.1) is 6.92 Å². The van der Waals surface area contributed by atoms with Crippen molar-refractivity contribution in [1.29, 1.82) is 0 Å². The number of benzene rings is 2. The van der Waals surface area contributed by atoms with Crippen LogP contribution in [0.4, 0.5) is 5.69 Å². The Kier molecular flexibility index (Phi) is 5.79. The number of piperidine rings is 1. The van der Waals surface area contributed by atoms with E-state index in [0.29, 0.717) is 22.6 Å². The number of nitrogens with one attached hydrogen (secondary N) is 1. The molecule has 0 bridgehead atoms. The quantitative estimate of drug-likeness (QED) is 0.879. The molecule has 5 nitrogen and oxygen atoms in total. The molecule has 1 atom stereocenters. The Labute approximate surface area is 160 Å². The summed E-state index contributed by atoms with van der Waals surface area (Å²) in [7, 11) is 1.58. The fourth-order valence-corrected chi connectivity index (χ4v) is 3.49. The molecule has 2 aromatic carbocycles. The first-order chi connectivity index (χ1) is 13.0. The van der Waals surface area contributed by atoms with Crippen LogP contribution < -0.4 is 10.1 Å². The summed E-state index contributed by atoms with van der Waals surface area (Å²) in [4.78, 5) is 27.7. The number of ether oxygens (including phenoxy) is 1. The number of para-hydroxylation sites is 1. The minimum Gasteiger partial charge on any atom is -0.496 e. The molecule has 1 fully saturated rings.